The Bertz CT molecular complexity index is 1150. The first kappa shape index (κ1) is 24.5. The maximum atomic E-state index is 13.5. The summed E-state index contributed by atoms with van der Waals surface area (Å²) in [6, 6.07) is 5.37. The Balaban J connectivity index is 1.55. The fraction of sp³-hybridized carbons (Fsp3) is 0.462. The number of aryl methyl sites for hydroxylation is 2. The molecule has 9 heteroatoms. The van der Waals surface area contributed by atoms with E-state index in [0.29, 0.717) is 54.1 Å². The van der Waals surface area contributed by atoms with E-state index >= 15 is 0 Å². The van der Waals surface area contributed by atoms with Crippen molar-refractivity contribution in [3.63, 3.8) is 0 Å². The van der Waals surface area contributed by atoms with Gasteiger partial charge in [-0.25, -0.2) is 0 Å². The number of hydrogen-bond acceptors (Lipinski definition) is 5. The van der Waals surface area contributed by atoms with Crippen LogP contribution in [-0.4, -0.2) is 66.2 Å². The molecule has 1 aromatic heterocycles. The molecule has 2 heterocycles. The highest BCUT2D eigenvalue weighted by Crippen LogP contribution is 2.27. The van der Waals surface area contributed by atoms with E-state index in [1.54, 1.807) is 24.0 Å². The molecule has 0 bridgehead atoms. The van der Waals surface area contributed by atoms with E-state index in [2.05, 4.69) is 15.6 Å². The molecule has 0 unspecified atom stereocenters. The number of aromatic amines is 1. The average molecular weight is 481 g/mol. The van der Waals surface area contributed by atoms with Crippen LogP contribution in [0.2, 0.25) is 0 Å². The lowest BCUT2D eigenvalue weighted by atomic mass is 9.94. The van der Waals surface area contributed by atoms with Gasteiger partial charge in [-0.1, -0.05) is 11.6 Å². The average Bonchev–Trinajstić information content (AvgIpc) is 3.17. The SMILES string of the molecule is Cc1ccc2c(c1)C(=O)NCCN(C(=O)c1[nH]c3c(c1C)C(=O)CCC3)CCCC(=O)NCCO2. The Morgan fingerprint density at radius 1 is 0.971 bits per heavy atom. The van der Waals surface area contributed by atoms with Crippen LogP contribution in [-0.2, 0) is 11.2 Å². The fourth-order valence-electron chi connectivity index (χ4n) is 4.68. The van der Waals surface area contributed by atoms with Crippen LogP contribution in [0.3, 0.4) is 0 Å². The molecular formula is C26H32N4O5. The van der Waals surface area contributed by atoms with E-state index in [1.807, 2.05) is 13.0 Å². The number of amides is 3. The highest BCUT2D eigenvalue weighted by Gasteiger charge is 2.28. The quantitative estimate of drug-likeness (QED) is 0.579. The van der Waals surface area contributed by atoms with Gasteiger partial charge >= 0.3 is 0 Å². The minimum Gasteiger partial charge on any atom is -0.491 e. The van der Waals surface area contributed by atoms with Gasteiger partial charge in [0.1, 0.15) is 18.1 Å². The van der Waals surface area contributed by atoms with E-state index in [-0.39, 0.29) is 49.6 Å². The van der Waals surface area contributed by atoms with Gasteiger partial charge in [0, 0.05) is 43.7 Å². The van der Waals surface area contributed by atoms with Crippen LogP contribution in [0, 0.1) is 13.8 Å². The number of carbonyl (C=O) groups is 4. The second-order valence-electron chi connectivity index (χ2n) is 9.10. The van der Waals surface area contributed by atoms with Crippen LogP contribution in [0.1, 0.15) is 73.7 Å². The molecule has 2 aliphatic rings. The van der Waals surface area contributed by atoms with Crippen molar-refractivity contribution in [1.29, 1.82) is 0 Å². The van der Waals surface area contributed by atoms with Gasteiger partial charge in [0.2, 0.25) is 5.91 Å². The van der Waals surface area contributed by atoms with E-state index in [9.17, 15) is 19.2 Å². The fourth-order valence-corrected chi connectivity index (χ4v) is 4.68. The van der Waals surface area contributed by atoms with Gasteiger partial charge in [0.25, 0.3) is 11.8 Å². The van der Waals surface area contributed by atoms with Crippen molar-refractivity contribution in [2.75, 3.05) is 32.8 Å². The predicted molar refractivity (Wildman–Crippen MR) is 130 cm³/mol. The van der Waals surface area contributed by atoms with Crippen molar-refractivity contribution in [2.45, 2.75) is 46.0 Å². The molecule has 3 amide bonds. The molecule has 0 saturated heterocycles. The zero-order valence-corrected chi connectivity index (χ0v) is 20.3. The van der Waals surface area contributed by atoms with Gasteiger partial charge < -0.3 is 25.3 Å². The normalized spacial score (nSPS) is 17.8. The molecule has 35 heavy (non-hydrogen) atoms. The number of Topliss-reactive ketones (excluding diaryl/α,β-unsaturated/α-hetero) is 1. The van der Waals surface area contributed by atoms with E-state index in [4.69, 9.17) is 4.74 Å². The molecule has 9 nitrogen and oxygen atoms in total. The van der Waals surface area contributed by atoms with E-state index in [0.717, 1.165) is 24.1 Å². The maximum Gasteiger partial charge on any atom is 0.270 e. The molecule has 1 aliphatic carbocycles. The van der Waals surface area contributed by atoms with E-state index in [1.165, 1.54) is 0 Å². The molecule has 3 N–H and O–H groups in total. The lowest BCUT2D eigenvalue weighted by Crippen LogP contribution is -2.40. The van der Waals surface area contributed by atoms with Crippen LogP contribution in [0.15, 0.2) is 18.2 Å². The van der Waals surface area contributed by atoms with Crippen molar-refractivity contribution in [3.05, 3.63) is 51.8 Å². The second-order valence-corrected chi connectivity index (χ2v) is 9.10. The maximum absolute atomic E-state index is 13.5. The van der Waals surface area contributed by atoms with Gasteiger partial charge in [0.15, 0.2) is 5.78 Å². The first-order chi connectivity index (χ1) is 16.8. The first-order valence-electron chi connectivity index (χ1n) is 12.2. The van der Waals surface area contributed by atoms with Crippen LogP contribution < -0.4 is 15.4 Å². The van der Waals surface area contributed by atoms with Gasteiger partial charge in [-0.15, -0.1) is 0 Å². The summed E-state index contributed by atoms with van der Waals surface area (Å²) in [6.45, 7) is 5.12. The zero-order chi connectivity index (χ0) is 24.9. The van der Waals surface area contributed by atoms with E-state index < -0.39 is 0 Å². The molecule has 0 saturated carbocycles. The number of benzene rings is 1. The lowest BCUT2D eigenvalue weighted by molar-refractivity contribution is -0.121. The van der Waals surface area contributed by atoms with Crippen molar-refractivity contribution < 1.29 is 23.9 Å². The molecule has 186 valence electrons. The second kappa shape index (κ2) is 10.8. The number of hydrogen-bond donors (Lipinski definition) is 3. The monoisotopic (exact) mass is 480 g/mol. The summed E-state index contributed by atoms with van der Waals surface area (Å²) in [5.41, 5.74) is 3.88. The van der Waals surface area contributed by atoms with Crippen molar-refractivity contribution in [2.24, 2.45) is 0 Å². The number of H-pyrrole nitrogens is 1. The number of ether oxygens (including phenoxy) is 1. The third-order valence-electron chi connectivity index (χ3n) is 6.50. The lowest BCUT2D eigenvalue weighted by Gasteiger charge is -2.23. The Hall–Kier alpha value is -3.62. The predicted octanol–water partition coefficient (Wildman–Crippen LogP) is 2.31. The number of fused-ring (bicyclic) bond motifs is 2. The third kappa shape index (κ3) is 5.55. The largest absolute Gasteiger partial charge is 0.491 e. The third-order valence-corrected chi connectivity index (χ3v) is 6.50. The zero-order valence-electron chi connectivity index (χ0n) is 20.3. The van der Waals surface area contributed by atoms with Gasteiger partial charge in [-0.05, 0) is 50.8 Å². The van der Waals surface area contributed by atoms with Crippen molar-refractivity contribution in [1.82, 2.24) is 20.5 Å². The Morgan fingerprint density at radius 2 is 1.80 bits per heavy atom. The minimum atomic E-state index is -0.285. The number of nitrogens with zero attached hydrogens (tertiary/aromatic N) is 1. The smallest absolute Gasteiger partial charge is 0.270 e. The van der Waals surface area contributed by atoms with Gasteiger partial charge in [-0.3, -0.25) is 19.2 Å². The van der Waals surface area contributed by atoms with Crippen molar-refractivity contribution >= 4 is 23.5 Å². The number of rotatable bonds is 1. The molecule has 0 radical (unpaired) electrons. The van der Waals surface area contributed by atoms with Crippen LogP contribution >= 0.6 is 0 Å². The molecule has 2 aromatic rings. The number of ketones is 1. The number of aromatic nitrogens is 1. The Kier molecular flexibility index (Phi) is 7.53. The summed E-state index contributed by atoms with van der Waals surface area (Å²) in [7, 11) is 0. The summed E-state index contributed by atoms with van der Waals surface area (Å²) in [4.78, 5) is 55.9. The molecule has 0 atom stereocenters. The standard InChI is InChI=1S/C26H32N4O5/c1-16-8-9-21-18(15-16)25(33)28-10-13-30(12-4-7-22(32)27-11-14-35-21)26(34)24-17(2)23-19(29-24)5-3-6-20(23)31/h8-9,15,29H,3-7,10-14H2,1-2H3,(H,27,32)(H,28,33). The topological polar surface area (TPSA) is 121 Å². The molecule has 0 spiro atoms. The molecule has 0 fully saturated rings. The van der Waals surface area contributed by atoms with Gasteiger partial charge in [0.05, 0.1) is 12.1 Å². The highest BCUT2D eigenvalue weighted by atomic mass is 16.5. The number of nitrogens with one attached hydrogen (secondary N) is 3. The van der Waals surface area contributed by atoms with Crippen LogP contribution in [0.5, 0.6) is 5.75 Å². The van der Waals surface area contributed by atoms with Crippen LogP contribution in [0.25, 0.3) is 0 Å². The molecule has 1 aliphatic heterocycles. The summed E-state index contributed by atoms with van der Waals surface area (Å²) in [6.07, 6.45) is 2.75. The first-order valence-corrected chi connectivity index (χ1v) is 12.2. The molecular weight excluding hydrogens is 448 g/mol. The number of carbonyl (C=O) groups excluding carboxylic acids is 4. The Morgan fingerprint density at radius 3 is 2.60 bits per heavy atom. The van der Waals surface area contributed by atoms with Gasteiger partial charge in [-0.2, -0.15) is 0 Å². The summed E-state index contributed by atoms with van der Waals surface area (Å²) in [5, 5.41) is 5.71. The minimum absolute atomic E-state index is 0.0660. The summed E-state index contributed by atoms with van der Waals surface area (Å²) >= 11 is 0. The van der Waals surface area contributed by atoms with Crippen LogP contribution in [0.4, 0.5) is 0 Å². The van der Waals surface area contributed by atoms with Crippen molar-refractivity contribution in [3.8, 4) is 5.75 Å². The summed E-state index contributed by atoms with van der Waals surface area (Å²) < 4.78 is 5.74. The Labute approximate surface area is 204 Å². The molecule has 4 rings (SSSR count). The summed E-state index contributed by atoms with van der Waals surface area (Å²) in [5.74, 6) is -0.125. The molecule has 1 aromatic carbocycles. The highest BCUT2D eigenvalue weighted by molar-refractivity contribution is 6.04.